The number of furan rings is 1. The molecule has 6 heteroatoms. The average molecular weight is 342 g/mol. The molecule has 1 fully saturated rings. The van der Waals surface area contributed by atoms with E-state index in [1.807, 2.05) is 11.8 Å². The Morgan fingerprint density at radius 2 is 2.16 bits per heavy atom. The van der Waals surface area contributed by atoms with Crippen molar-refractivity contribution in [2.45, 2.75) is 13.3 Å². The summed E-state index contributed by atoms with van der Waals surface area (Å²) in [5.41, 5.74) is 1.12. The van der Waals surface area contributed by atoms with E-state index in [2.05, 4.69) is 5.32 Å². The van der Waals surface area contributed by atoms with Crippen LogP contribution >= 0.6 is 0 Å². The first-order chi connectivity index (χ1) is 12.2. The molecule has 6 nitrogen and oxygen atoms in total. The van der Waals surface area contributed by atoms with E-state index in [4.69, 9.17) is 9.15 Å². The number of carbonyl (C=O) groups excluding carboxylic acids is 2. The smallest absolute Gasteiger partial charge is 0.291 e. The molecule has 2 aromatic rings. The molecule has 1 N–H and O–H groups in total. The van der Waals surface area contributed by atoms with Crippen LogP contribution in [0.3, 0.4) is 0 Å². The number of nitrogens with one attached hydrogen (secondary N) is 1. The first kappa shape index (κ1) is 17.2. The van der Waals surface area contributed by atoms with Crippen molar-refractivity contribution in [2.75, 3.05) is 31.6 Å². The lowest BCUT2D eigenvalue weighted by molar-refractivity contribution is 0.0730. The van der Waals surface area contributed by atoms with E-state index in [0.717, 1.165) is 13.0 Å². The largest absolute Gasteiger partial charge is 0.459 e. The summed E-state index contributed by atoms with van der Waals surface area (Å²) in [6.07, 6.45) is 2.43. The molecule has 0 spiro atoms. The maximum atomic E-state index is 12.8. The molecule has 1 aliphatic heterocycles. The molecule has 25 heavy (non-hydrogen) atoms. The van der Waals surface area contributed by atoms with Crippen molar-refractivity contribution in [1.82, 2.24) is 4.90 Å². The number of hydrogen-bond acceptors (Lipinski definition) is 4. The van der Waals surface area contributed by atoms with Crippen LogP contribution in [-0.4, -0.2) is 43.0 Å². The van der Waals surface area contributed by atoms with E-state index in [0.29, 0.717) is 36.9 Å². The second-order valence-electron chi connectivity index (χ2n) is 6.09. The van der Waals surface area contributed by atoms with Crippen LogP contribution in [0.15, 0.2) is 47.1 Å². The number of carbonyl (C=O) groups is 2. The third kappa shape index (κ3) is 4.28. The first-order valence-electron chi connectivity index (χ1n) is 8.49. The van der Waals surface area contributed by atoms with E-state index in [-0.39, 0.29) is 17.6 Å². The topological polar surface area (TPSA) is 71.8 Å². The lowest BCUT2D eigenvalue weighted by atomic mass is 10.1. The molecule has 0 aliphatic carbocycles. The summed E-state index contributed by atoms with van der Waals surface area (Å²) in [4.78, 5) is 26.7. The van der Waals surface area contributed by atoms with Crippen molar-refractivity contribution in [1.29, 1.82) is 0 Å². The van der Waals surface area contributed by atoms with Gasteiger partial charge in [-0.1, -0.05) is 6.07 Å². The van der Waals surface area contributed by atoms with E-state index < -0.39 is 0 Å². The van der Waals surface area contributed by atoms with Crippen LogP contribution in [0.1, 0.15) is 34.3 Å². The highest BCUT2D eigenvalue weighted by Crippen LogP contribution is 2.18. The third-order valence-corrected chi connectivity index (χ3v) is 4.28. The predicted octanol–water partition coefficient (Wildman–Crippen LogP) is 3.03. The van der Waals surface area contributed by atoms with Gasteiger partial charge in [-0.05, 0) is 43.7 Å². The zero-order chi connectivity index (χ0) is 17.6. The monoisotopic (exact) mass is 342 g/mol. The number of benzene rings is 1. The number of amides is 2. The summed E-state index contributed by atoms with van der Waals surface area (Å²) in [6.45, 7) is 4.78. The molecular formula is C19H22N2O4. The normalized spacial score (nSPS) is 16.6. The van der Waals surface area contributed by atoms with Crippen molar-refractivity contribution in [3.63, 3.8) is 0 Å². The SMILES string of the molecule is CCN(C[C@H]1CCOC1)C(=O)c1cccc(NC(=O)c2ccco2)c1. The fourth-order valence-corrected chi connectivity index (χ4v) is 2.91. The van der Waals surface area contributed by atoms with Gasteiger partial charge >= 0.3 is 0 Å². The highest BCUT2D eigenvalue weighted by Gasteiger charge is 2.22. The Hall–Kier alpha value is -2.60. The Balaban J connectivity index is 1.68. The summed E-state index contributed by atoms with van der Waals surface area (Å²) >= 11 is 0. The third-order valence-electron chi connectivity index (χ3n) is 4.28. The summed E-state index contributed by atoms with van der Waals surface area (Å²) in [5.74, 6) is 0.243. The number of rotatable bonds is 6. The highest BCUT2D eigenvalue weighted by atomic mass is 16.5. The Morgan fingerprint density at radius 1 is 1.28 bits per heavy atom. The van der Waals surface area contributed by atoms with Gasteiger partial charge in [0.15, 0.2) is 5.76 Å². The van der Waals surface area contributed by atoms with Crippen molar-refractivity contribution in [3.8, 4) is 0 Å². The molecule has 2 heterocycles. The number of hydrogen-bond donors (Lipinski definition) is 1. The van der Waals surface area contributed by atoms with Gasteiger partial charge in [-0.25, -0.2) is 0 Å². The minimum Gasteiger partial charge on any atom is -0.459 e. The van der Waals surface area contributed by atoms with Crippen molar-refractivity contribution in [3.05, 3.63) is 54.0 Å². The van der Waals surface area contributed by atoms with Crippen molar-refractivity contribution < 1.29 is 18.7 Å². The van der Waals surface area contributed by atoms with Crippen LogP contribution in [0.25, 0.3) is 0 Å². The fraction of sp³-hybridized carbons (Fsp3) is 0.368. The molecule has 3 rings (SSSR count). The molecule has 1 aromatic heterocycles. The molecule has 0 saturated carbocycles. The van der Waals surface area contributed by atoms with Crippen LogP contribution in [0.2, 0.25) is 0 Å². The van der Waals surface area contributed by atoms with Gasteiger partial charge in [-0.15, -0.1) is 0 Å². The van der Waals surface area contributed by atoms with E-state index >= 15 is 0 Å². The molecule has 132 valence electrons. The zero-order valence-electron chi connectivity index (χ0n) is 14.2. The maximum Gasteiger partial charge on any atom is 0.291 e. The Kier molecular flexibility index (Phi) is 5.50. The number of anilines is 1. The van der Waals surface area contributed by atoms with Crippen molar-refractivity contribution >= 4 is 17.5 Å². The first-order valence-corrected chi connectivity index (χ1v) is 8.49. The molecule has 2 amide bonds. The zero-order valence-corrected chi connectivity index (χ0v) is 14.2. The molecule has 1 saturated heterocycles. The highest BCUT2D eigenvalue weighted by molar-refractivity contribution is 6.03. The number of nitrogens with zero attached hydrogens (tertiary/aromatic N) is 1. The molecule has 0 unspecified atom stereocenters. The van der Waals surface area contributed by atoms with Gasteiger partial charge in [-0.2, -0.15) is 0 Å². The van der Waals surface area contributed by atoms with Gasteiger partial charge in [0.1, 0.15) is 0 Å². The van der Waals surface area contributed by atoms with Gasteiger partial charge in [0.2, 0.25) is 0 Å². The van der Waals surface area contributed by atoms with Gasteiger partial charge in [0.05, 0.1) is 12.9 Å². The standard InChI is InChI=1S/C19H22N2O4/c1-2-21(12-14-8-10-24-13-14)19(23)15-5-3-6-16(11-15)20-18(22)17-7-4-9-25-17/h3-7,9,11,14H,2,8,10,12-13H2,1H3,(H,20,22)/t14-/m1/s1. The minimum atomic E-state index is -0.343. The quantitative estimate of drug-likeness (QED) is 0.876. The summed E-state index contributed by atoms with van der Waals surface area (Å²) in [7, 11) is 0. The lowest BCUT2D eigenvalue weighted by Crippen LogP contribution is -2.35. The number of ether oxygens (including phenoxy) is 1. The Labute approximate surface area is 146 Å². The van der Waals surface area contributed by atoms with Gasteiger partial charge < -0.3 is 19.4 Å². The molecule has 1 aliphatic rings. The van der Waals surface area contributed by atoms with Gasteiger partial charge in [0.25, 0.3) is 11.8 Å². The second kappa shape index (κ2) is 7.98. The molecule has 1 atom stereocenters. The van der Waals surface area contributed by atoms with E-state index in [1.54, 1.807) is 36.4 Å². The fourth-order valence-electron chi connectivity index (χ4n) is 2.91. The van der Waals surface area contributed by atoms with Crippen LogP contribution in [-0.2, 0) is 4.74 Å². The second-order valence-corrected chi connectivity index (χ2v) is 6.09. The lowest BCUT2D eigenvalue weighted by Gasteiger charge is -2.24. The van der Waals surface area contributed by atoms with Crippen LogP contribution in [0.5, 0.6) is 0 Å². The molecule has 0 bridgehead atoms. The molecule has 0 radical (unpaired) electrons. The summed E-state index contributed by atoms with van der Waals surface area (Å²) < 4.78 is 10.5. The minimum absolute atomic E-state index is 0.0384. The summed E-state index contributed by atoms with van der Waals surface area (Å²) in [5, 5.41) is 2.75. The van der Waals surface area contributed by atoms with E-state index in [1.165, 1.54) is 6.26 Å². The van der Waals surface area contributed by atoms with Crippen LogP contribution < -0.4 is 5.32 Å². The Bertz CT molecular complexity index is 721. The maximum absolute atomic E-state index is 12.8. The van der Waals surface area contributed by atoms with Gasteiger partial charge in [0, 0.05) is 36.9 Å². The summed E-state index contributed by atoms with van der Waals surface area (Å²) in [6, 6.07) is 10.2. The van der Waals surface area contributed by atoms with Crippen molar-refractivity contribution in [2.24, 2.45) is 5.92 Å². The molecule has 1 aromatic carbocycles. The molecular weight excluding hydrogens is 320 g/mol. The van der Waals surface area contributed by atoms with Crippen LogP contribution in [0, 0.1) is 5.92 Å². The average Bonchev–Trinajstić information content (AvgIpc) is 3.33. The predicted molar refractivity (Wildman–Crippen MR) is 93.6 cm³/mol. The Morgan fingerprint density at radius 3 is 2.84 bits per heavy atom. The van der Waals surface area contributed by atoms with E-state index in [9.17, 15) is 9.59 Å². The van der Waals surface area contributed by atoms with Gasteiger partial charge in [-0.3, -0.25) is 9.59 Å². The van der Waals surface area contributed by atoms with Crippen LogP contribution in [0.4, 0.5) is 5.69 Å².